The highest BCUT2D eigenvalue weighted by atomic mass is 16.5. The van der Waals surface area contributed by atoms with Crippen LogP contribution in [0.5, 0.6) is 11.5 Å². The van der Waals surface area contributed by atoms with Crippen LogP contribution < -0.4 is 14.4 Å². The quantitative estimate of drug-likeness (QED) is 0.633. The molecule has 0 saturated carbocycles. The number of methoxy groups -OCH3 is 2. The van der Waals surface area contributed by atoms with Crippen LogP contribution in [0.1, 0.15) is 30.7 Å². The molecule has 2 heterocycles. The standard InChI is InChI=1S/C22H23N3O4/c1-4-14-5-7-16(8-6-14)25-13-15(11-20(25)26)21-23-22(29-24-21)18-10-9-17(27-2)12-19(18)28-3/h5-10,12,15H,4,11,13H2,1-3H3/t15-/m1/s1. The molecular formula is C22H23N3O4. The molecule has 1 aliphatic rings. The summed E-state index contributed by atoms with van der Waals surface area (Å²) in [5.41, 5.74) is 2.83. The molecule has 3 aromatic rings. The summed E-state index contributed by atoms with van der Waals surface area (Å²) in [6.45, 7) is 2.64. The van der Waals surface area contributed by atoms with Gasteiger partial charge in [-0.1, -0.05) is 24.2 Å². The van der Waals surface area contributed by atoms with Crippen molar-refractivity contribution in [3.8, 4) is 23.0 Å². The zero-order chi connectivity index (χ0) is 20.4. The van der Waals surface area contributed by atoms with Gasteiger partial charge in [-0.15, -0.1) is 0 Å². The highest BCUT2D eigenvalue weighted by Crippen LogP contribution is 2.35. The van der Waals surface area contributed by atoms with Crippen LogP contribution in [0.15, 0.2) is 47.0 Å². The predicted octanol–water partition coefficient (Wildman–Crippen LogP) is 3.84. The lowest BCUT2D eigenvalue weighted by Crippen LogP contribution is -2.24. The van der Waals surface area contributed by atoms with Crippen molar-refractivity contribution in [1.82, 2.24) is 10.1 Å². The van der Waals surface area contributed by atoms with E-state index in [9.17, 15) is 4.79 Å². The van der Waals surface area contributed by atoms with E-state index < -0.39 is 0 Å². The minimum absolute atomic E-state index is 0.0626. The summed E-state index contributed by atoms with van der Waals surface area (Å²) in [5.74, 6) is 2.09. The second kappa shape index (κ2) is 7.95. The molecule has 1 amide bonds. The topological polar surface area (TPSA) is 77.7 Å². The van der Waals surface area contributed by atoms with E-state index in [4.69, 9.17) is 14.0 Å². The van der Waals surface area contributed by atoms with Gasteiger partial charge in [0.05, 0.1) is 19.8 Å². The molecule has 1 atom stereocenters. The number of rotatable bonds is 6. The van der Waals surface area contributed by atoms with Crippen LogP contribution >= 0.6 is 0 Å². The average molecular weight is 393 g/mol. The number of carbonyl (C=O) groups excluding carboxylic acids is 1. The van der Waals surface area contributed by atoms with Crippen LogP contribution in [0.3, 0.4) is 0 Å². The molecule has 0 N–H and O–H groups in total. The Balaban J connectivity index is 1.55. The van der Waals surface area contributed by atoms with Gasteiger partial charge in [-0.25, -0.2) is 0 Å². The molecule has 1 aromatic heterocycles. The third kappa shape index (κ3) is 3.68. The molecule has 0 bridgehead atoms. The monoisotopic (exact) mass is 393 g/mol. The number of benzene rings is 2. The van der Waals surface area contributed by atoms with Crippen molar-refractivity contribution in [2.75, 3.05) is 25.7 Å². The fraction of sp³-hybridized carbons (Fsp3) is 0.318. The number of nitrogens with zero attached hydrogens (tertiary/aromatic N) is 3. The molecule has 0 unspecified atom stereocenters. The molecule has 0 aliphatic carbocycles. The van der Waals surface area contributed by atoms with E-state index >= 15 is 0 Å². The van der Waals surface area contributed by atoms with Crippen LogP contribution in [0.25, 0.3) is 11.5 Å². The fourth-order valence-electron chi connectivity index (χ4n) is 3.53. The fourth-order valence-corrected chi connectivity index (χ4v) is 3.53. The van der Waals surface area contributed by atoms with Crippen molar-refractivity contribution in [1.29, 1.82) is 0 Å². The van der Waals surface area contributed by atoms with Crippen LogP contribution in [-0.2, 0) is 11.2 Å². The Kier molecular flexibility index (Phi) is 5.20. The van der Waals surface area contributed by atoms with Gasteiger partial charge in [0.15, 0.2) is 5.82 Å². The van der Waals surface area contributed by atoms with Gasteiger partial charge in [-0.2, -0.15) is 4.98 Å². The Hall–Kier alpha value is -3.35. The molecule has 7 heteroatoms. The molecule has 1 fully saturated rings. The van der Waals surface area contributed by atoms with E-state index in [-0.39, 0.29) is 11.8 Å². The third-order valence-electron chi connectivity index (χ3n) is 5.23. The molecule has 150 valence electrons. The Morgan fingerprint density at radius 2 is 1.93 bits per heavy atom. The molecule has 4 rings (SSSR count). The average Bonchev–Trinajstić information content (AvgIpc) is 3.40. The maximum atomic E-state index is 12.6. The van der Waals surface area contributed by atoms with E-state index in [1.165, 1.54) is 5.56 Å². The lowest BCUT2D eigenvalue weighted by Gasteiger charge is -2.16. The molecule has 1 aliphatic heterocycles. The Labute approximate surface area is 169 Å². The summed E-state index contributed by atoms with van der Waals surface area (Å²) in [6.07, 6.45) is 1.32. The minimum atomic E-state index is -0.116. The van der Waals surface area contributed by atoms with Crippen LogP contribution in [0.4, 0.5) is 5.69 Å². The first-order valence-electron chi connectivity index (χ1n) is 9.58. The van der Waals surface area contributed by atoms with Crippen molar-refractivity contribution in [3.63, 3.8) is 0 Å². The molecular weight excluding hydrogens is 370 g/mol. The lowest BCUT2D eigenvalue weighted by atomic mass is 10.1. The van der Waals surface area contributed by atoms with Gasteiger partial charge in [0.2, 0.25) is 5.91 Å². The van der Waals surface area contributed by atoms with Gasteiger partial charge in [-0.3, -0.25) is 4.79 Å². The Bertz CT molecular complexity index is 1010. The first-order valence-corrected chi connectivity index (χ1v) is 9.58. The van der Waals surface area contributed by atoms with Crippen LogP contribution in [0.2, 0.25) is 0 Å². The maximum Gasteiger partial charge on any atom is 0.261 e. The van der Waals surface area contributed by atoms with Gasteiger partial charge in [-0.05, 0) is 36.2 Å². The predicted molar refractivity (Wildman–Crippen MR) is 108 cm³/mol. The normalized spacial score (nSPS) is 16.3. The summed E-state index contributed by atoms with van der Waals surface area (Å²) in [4.78, 5) is 18.9. The largest absolute Gasteiger partial charge is 0.497 e. The second-order valence-corrected chi connectivity index (χ2v) is 6.95. The molecule has 7 nitrogen and oxygen atoms in total. The number of hydrogen-bond donors (Lipinski definition) is 0. The summed E-state index contributed by atoms with van der Waals surface area (Å²) in [6, 6.07) is 13.5. The van der Waals surface area contributed by atoms with Gasteiger partial charge in [0.25, 0.3) is 5.89 Å². The number of carbonyl (C=O) groups is 1. The molecule has 1 saturated heterocycles. The number of amides is 1. The summed E-state index contributed by atoms with van der Waals surface area (Å²) < 4.78 is 16.1. The number of anilines is 1. The van der Waals surface area contributed by atoms with Crippen molar-refractivity contribution in [2.45, 2.75) is 25.7 Å². The van der Waals surface area contributed by atoms with Crippen molar-refractivity contribution >= 4 is 11.6 Å². The lowest BCUT2D eigenvalue weighted by molar-refractivity contribution is -0.117. The first kappa shape index (κ1) is 19.0. The third-order valence-corrected chi connectivity index (χ3v) is 5.23. The Morgan fingerprint density at radius 3 is 2.62 bits per heavy atom. The minimum Gasteiger partial charge on any atom is -0.497 e. The highest BCUT2D eigenvalue weighted by molar-refractivity contribution is 5.96. The van der Waals surface area contributed by atoms with Crippen LogP contribution in [0, 0.1) is 0 Å². The molecule has 29 heavy (non-hydrogen) atoms. The summed E-state index contributed by atoms with van der Waals surface area (Å²) >= 11 is 0. The molecule has 0 radical (unpaired) electrons. The van der Waals surface area contributed by atoms with E-state index in [0.29, 0.717) is 41.7 Å². The molecule has 2 aromatic carbocycles. The number of aromatic nitrogens is 2. The van der Waals surface area contributed by atoms with E-state index in [1.807, 2.05) is 24.3 Å². The SMILES string of the molecule is CCc1ccc(N2C[C@H](c3noc(-c4ccc(OC)cc4OC)n3)CC2=O)cc1. The highest BCUT2D eigenvalue weighted by Gasteiger charge is 2.34. The Morgan fingerprint density at radius 1 is 1.14 bits per heavy atom. The summed E-state index contributed by atoms with van der Waals surface area (Å²) in [5, 5.41) is 4.13. The van der Waals surface area contributed by atoms with Crippen molar-refractivity contribution in [2.24, 2.45) is 0 Å². The van der Waals surface area contributed by atoms with Crippen molar-refractivity contribution < 1.29 is 18.8 Å². The zero-order valence-electron chi connectivity index (χ0n) is 16.7. The van der Waals surface area contributed by atoms with E-state index in [0.717, 1.165) is 12.1 Å². The molecule has 0 spiro atoms. The number of aryl methyl sites for hydroxylation is 1. The zero-order valence-corrected chi connectivity index (χ0v) is 16.7. The van der Waals surface area contributed by atoms with E-state index in [2.05, 4.69) is 29.2 Å². The summed E-state index contributed by atoms with van der Waals surface area (Å²) in [7, 11) is 3.17. The van der Waals surface area contributed by atoms with Crippen LogP contribution in [-0.4, -0.2) is 36.8 Å². The smallest absolute Gasteiger partial charge is 0.261 e. The second-order valence-electron chi connectivity index (χ2n) is 6.95. The van der Waals surface area contributed by atoms with Gasteiger partial charge < -0.3 is 18.9 Å². The van der Waals surface area contributed by atoms with E-state index in [1.54, 1.807) is 25.2 Å². The first-order chi connectivity index (χ1) is 14.1. The van der Waals surface area contributed by atoms with Gasteiger partial charge in [0.1, 0.15) is 11.5 Å². The number of hydrogen-bond acceptors (Lipinski definition) is 6. The van der Waals surface area contributed by atoms with Crippen molar-refractivity contribution in [3.05, 3.63) is 53.9 Å². The number of ether oxygens (including phenoxy) is 2. The maximum absolute atomic E-state index is 12.6. The van der Waals surface area contributed by atoms with Gasteiger partial charge in [0, 0.05) is 30.6 Å². The van der Waals surface area contributed by atoms with Gasteiger partial charge >= 0.3 is 0 Å².